The lowest BCUT2D eigenvalue weighted by molar-refractivity contribution is 0.0527. The minimum atomic E-state index is -0.520. The molecule has 0 amide bonds. The number of fused-ring (bicyclic) bond motifs is 1. The molecule has 0 aliphatic carbocycles. The topological polar surface area (TPSA) is 104 Å². The van der Waals surface area contributed by atoms with E-state index in [0.717, 1.165) is 10.9 Å². The lowest BCUT2D eigenvalue weighted by Gasteiger charge is -2.14. The molecule has 0 spiro atoms. The Morgan fingerprint density at radius 2 is 2.00 bits per heavy atom. The van der Waals surface area contributed by atoms with Crippen LogP contribution in [0.3, 0.4) is 0 Å². The number of nitrogens with zero attached hydrogens (tertiary/aromatic N) is 5. The number of esters is 1. The van der Waals surface area contributed by atoms with Crippen LogP contribution < -0.4 is 10.1 Å². The summed E-state index contributed by atoms with van der Waals surface area (Å²) in [6.45, 7) is 5.67. The zero-order valence-corrected chi connectivity index (χ0v) is 18.8. The minimum absolute atomic E-state index is 0.229. The van der Waals surface area contributed by atoms with Crippen molar-refractivity contribution in [2.75, 3.05) is 19.0 Å². The summed E-state index contributed by atoms with van der Waals surface area (Å²) in [5, 5.41) is 8.77. The van der Waals surface area contributed by atoms with E-state index >= 15 is 0 Å². The van der Waals surface area contributed by atoms with E-state index < -0.39 is 5.97 Å². The first-order valence-corrected chi connectivity index (χ1v) is 10.3. The van der Waals surface area contributed by atoms with Crippen molar-refractivity contribution in [3.8, 4) is 11.6 Å². The van der Waals surface area contributed by atoms with E-state index in [4.69, 9.17) is 26.1 Å². The molecular formula is C22H21ClN6O3. The maximum absolute atomic E-state index is 12.6. The van der Waals surface area contributed by atoms with Crippen LogP contribution in [0.25, 0.3) is 16.7 Å². The second-order valence-corrected chi connectivity index (χ2v) is 7.33. The number of carbonyl (C=O) groups excluding carboxylic acids is 1. The molecule has 0 fully saturated rings. The fourth-order valence-corrected chi connectivity index (χ4v) is 3.59. The number of methoxy groups -OCH3 is 1. The number of benzene rings is 1. The molecule has 0 radical (unpaired) electrons. The average molecular weight is 453 g/mol. The fourth-order valence-electron chi connectivity index (χ4n) is 3.36. The third-order valence-corrected chi connectivity index (χ3v) is 4.94. The second kappa shape index (κ2) is 8.80. The Morgan fingerprint density at radius 1 is 1.19 bits per heavy atom. The smallest absolute Gasteiger partial charge is 0.343 e. The van der Waals surface area contributed by atoms with Crippen molar-refractivity contribution in [1.29, 1.82) is 0 Å². The second-order valence-electron chi connectivity index (χ2n) is 6.94. The number of pyridine rings is 1. The highest BCUT2D eigenvalue weighted by Gasteiger charge is 2.22. The lowest BCUT2D eigenvalue weighted by Crippen LogP contribution is -2.11. The Hall–Kier alpha value is -3.72. The number of aromatic nitrogens is 5. The van der Waals surface area contributed by atoms with Crippen LogP contribution in [0, 0.1) is 13.8 Å². The molecule has 0 saturated carbocycles. The molecule has 0 atom stereocenters. The molecule has 1 aromatic carbocycles. The number of rotatable bonds is 6. The highest BCUT2D eigenvalue weighted by molar-refractivity contribution is 6.29. The molecule has 10 heteroatoms. The predicted octanol–water partition coefficient (Wildman–Crippen LogP) is 4.41. The molecule has 0 unspecified atom stereocenters. The maximum atomic E-state index is 12.6. The minimum Gasteiger partial charge on any atom is -0.494 e. The summed E-state index contributed by atoms with van der Waals surface area (Å²) in [4.78, 5) is 25.8. The van der Waals surface area contributed by atoms with E-state index in [0.29, 0.717) is 34.5 Å². The van der Waals surface area contributed by atoms with Gasteiger partial charge in [0.25, 0.3) is 0 Å². The van der Waals surface area contributed by atoms with Crippen LogP contribution in [0.1, 0.15) is 28.7 Å². The van der Waals surface area contributed by atoms with Gasteiger partial charge in [0, 0.05) is 11.5 Å². The number of aryl methyl sites for hydroxylation is 2. The molecule has 32 heavy (non-hydrogen) atoms. The summed E-state index contributed by atoms with van der Waals surface area (Å²) in [5.41, 5.74) is 1.90. The van der Waals surface area contributed by atoms with Gasteiger partial charge in [-0.2, -0.15) is 9.78 Å². The first kappa shape index (κ1) is 21.5. The van der Waals surface area contributed by atoms with Gasteiger partial charge in [0.2, 0.25) is 0 Å². The predicted molar refractivity (Wildman–Crippen MR) is 121 cm³/mol. The largest absolute Gasteiger partial charge is 0.494 e. The van der Waals surface area contributed by atoms with Crippen LogP contribution in [-0.2, 0) is 4.74 Å². The molecule has 0 saturated heterocycles. The van der Waals surface area contributed by atoms with Gasteiger partial charge in [-0.25, -0.2) is 19.7 Å². The number of hydrogen-bond acceptors (Lipinski definition) is 8. The number of para-hydroxylation sites is 1. The van der Waals surface area contributed by atoms with E-state index in [9.17, 15) is 4.79 Å². The first-order chi connectivity index (χ1) is 15.4. The maximum Gasteiger partial charge on any atom is 0.343 e. The molecule has 3 heterocycles. The normalized spacial score (nSPS) is 10.9. The van der Waals surface area contributed by atoms with Gasteiger partial charge in [-0.15, -0.1) is 0 Å². The SMILES string of the molecule is CCOC(=O)c1cnn(-c2cc(C)c3cccc(OC)c3n2)c1Nc1cc(Cl)nc(C)n1. The van der Waals surface area contributed by atoms with Crippen LogP contribution in [0.2, 0.25) is 5.15 Å². The van der Waals surface area contributed by atoms with Crippen LogP contribution >= 0.6 is 11.6 Å². The zero-order valence-electron chi connectivity index (χ0n) is 18.0. The number of carbonyl (C=O) groups is 1. The quantitative estimate of drug-likeness (QED) is 0.339. The standard InChI is InChI=1S/C22H21ClN6O3/c1-5-32-22(30)15-11-24-29(21(15)27-18-10-17(23)25-13(3)26-18)19-9-12(2)14-7-6-8-16(31-4)20(14)28-19/h6-11H,5H2,1-4H3,(H,25,26,27). The van der Waals surface area contributed by atoms with Crippen LogP contribution in [0.5, 0.6) is 5.75 Å². The van der Waals surface area contributed by atoms with Crippen molar-refractivity contribution >= 4 is 40.1 Å². The summed E-state index contributed by atoms with van der Waals surface area (Å²) in [6.07, 6.45) is 1.43. The van der Waals surface area contributed by atoms with Crippen molar-refractivity contribution in [2.24, 2.45) is 0 Å². The summed E-state index contributed by atoms with van der Waals surface area (Å²) in [7, 11) is 1.60. The number of halogens is 1. The molecule has 3 aromatic heterocycles. The van der Waals surface area contributed by atoms with Crippen molar-refractivity contribution in [3.05, 3.63) is 58.6 Å². The van der Waals surface area contributed by atoms with Crippen LogP contribution in [-0.4, -0.2) is 44.4 Å². The zero-order chi connectivity index (χ0) is 22.8. The summed E-state index contributed by atoms with van der Waals surface area (Å²) in [5.74, 6) is 1.84. The Kier molecular flexibility index (Phi) is 5.91. The number of anilines is 2. The Balaban J connectivity index is 1.90. The third-order valence-electron chi connectivity index (χ3n) is 4.75. The Morgan fingerprint density at radius 3 is 2.72 bits per heavy atom. The van der Waals surface area contributed by atoms with Gasteiger partial charge >= 0.3 is 5.97 Å². The number of nitrogens with one attached hydrogen (secondary N) is 1. The van der Waals surface area contributed by atoms with E-state index in [1.165, 1.54) is 10.9 Å². The van der Waals surface area contributed by atoms with Gasteiger partial charge in [0.05, 0.1) is 19.9 Å². The Labute approximate surface area is 189 Å². The average Bonchev–Trinajstić information content (AvgIpc) is 3.16. The monoisotopic (exact) mass is 452 g/mol. The lowest BCUT2D eigenvalue weighted by atomic mass is 10.1. The highest BCUT2D eigenvalue weighted by atomic mass is 35.5. The molecule has 0 aliphatic rings. The molecule has 0 bridgehead atoms. The van der Waals surface area contributed by atoms with Crippen LogP contribution in [0.15, 0.2) is 36.5 Å². The molecule has 9 nitrogen and oxygen atoms in total. The highest BCUT2D eigenvalue weighted by Crippen LogP contribution is 2.30. The number of hydrogen-bond donors (Lipinski definition) is 1. The third kappa shape index (κ3) is 4.06. The molecule has 1 N–H and O–H groups in total. The van der Waals surface area contributed by atoms with Gasteiger partial charge in [-0.1, -0.05) is 23.7 Å². The van der Waals surface area contributed by atoms with Gasteiger partial charge in [0.15, 0.2) is 11.6 Å². The van der Waals surface area contributed by atoms with Gasteiger partial charge in [-0.05, 0) is 38.5 Å². The van der Waals surface area contributed by atoms with Gasteiger partial charge in [0.1, 0.15) is 33.6 Å². The van der Waals surface area contributed by atoms with Crippen molar-refractivity contribution in [3.63, 3.8) is 0 Å². The van der Waals surface area contributed by atoms with Crippen molar-refractivity contribution < 1.29 is 14.3 Å². The van der Waals surface area contributed by atoms with Gasteiger partial charge in [-0.3, -0.25) is 0 Å². The van der Waals surface area contributed by atoms with Crippen LogP contribution in [0.4, 0.5) is 11.6 Å². The van der Waals surface area contributed by atoms with Gasteiger partial charge < -0.3 is 14.8 Å². The molecular weight excluding hydrogens is 432 g/mol. The summed E-state index contributed by atoms with van der Waals surface area (Å²) >= 11 is 6.09. The van der Waals surface area contributed by atoms with E-state index in [2.05, 4.69) is 20.4 Å². The molecule has 0 aliphatic heterocycles. The van der Waals surface area contributed by atoms with Crippen molar-refractivity contribution in [2.45, 2.75) is 20.8 Å². The summed E-state index contributed by atoms with van der Waals surface area (Å²) < 4.78 is 12.2. The fraction of sp³-hybridized carbons (Fsp3) is 0.227. The number of ether oxygens (including phenoxy) is 2. The van der Waals surface area contributed by atoms with E-state index in [1.807, 2.05) is 31.2 Å². The Bertz CT molecular complexity index is 1300. The van der Waals surface area contributed by atoms with E-state index in [-0.39, 0.29) is 17.3 Å². The summed E-state index contributed by atoms with van der Waals surface area (Å²) in [6, 6.07) is 9.17. The first-order valence-electron chi connectivity index (χ1n) is 9.89. The molecule has 164 valence electrons. The van der Waals surface area contributed by atoms with Crippen molar-refractivity contribution in [1.82, 2.24) is 24.7 Å². The van der Waals surface area contributed by atoms with E-state index in [1.54, 1.807) is 27.0 Å². The molecule has 4 aromatic rings. The molecule has 4 rings (SSSR count).